The molecule has 0 saturated carbocycles. The Kier molecular flexibility index (Phi) is 4.90. The minimum Gasteiger partial charge on any atom is -0.481 e. The molecule has 0 aromatic rings. The van der Waals surface area contributed by atoms with Gasteiger partial charge in [-0.25, -0.2) is 0 Å². The Balaban J connectivity index is 3.88. The Morgan fingerprint density at radius 3 is 2.50 bits per heavy atom. The number of ether oxygens (including phenoxy) is 1. The van der Waals surface area contributed by atoms with E-state index in [4.69, 9.17) is 9.84 Å². The lowest BCUT2D eigenvalue weighted by Gasteiger charge is -2.22. The van der Waals surface area contributed by atoms with Gasteiger partial charge in [-0.05, 0) is 26.2 Å². The highest BCUT2D eigenvalue weighted by molar-refractivity contribution is 5.73. The Hall–Kier alpha value is -0.570. The highest BCUT2D eigenvalue weighted by atomic mass is 16.5. The minimum absolute atomic E-state index is 0.571. The number of aliphatic carboxylic acids is 1. The van der Waals surface area contributed by atoms with Crippen LogP contribution in [0, 0.1) is 5.41 Å². The predicted molar refractivity (Wildman–Crippen MR) is 47.1 cm³/mol. The number of carboxylic acids is 1. The molecule has 0 fully saturated rings. The first-order valence-corrected chi connectivity index (χ1v) is 4.29. The third-order valence-electron chi connectivity index (χ3n) is 2.37. The molecule has 0 bridgehead atoms. The molecule has 0 radical (unpaired) electrons. The third-order valence-corrected chi connectivity index (χ3v) is 2.37. The Morgan fingerprint density at radius 1 is 1.58 bits per heavy atom. The molecular weight excluding hydrogens is 156 g/mol. The van der Waals surface area contributed by atoms with Crippen molar-refractivity contribution >= 4 is 5.97 Å². The molecule has 0 spiro atoms. The number of rotatable bonds is 6. The summed E-state index contributed by atoms with van der Waals surface area (Å²) in [5.74, 6) is -0.707. The summed E-state index contributed by atoms with van der Waals surface area (Å²) in [5, 5.41) is 8.89. The SMILES string of the molecule is CCC(C)(CCCOC)C(=O)O. The first kappa shape index (κ1) is 11.4. The summed E-state index contributed by atoms with van der Waals surface area (Å²) in [5.41, 5.74) is -0.571. The van der Waals surface area contributed by atoms with E-state index in [1.165, 1.54) is 0 Å². The van der Waals surface area contributed by atoms with E-state index in [0.717, 1.165) is 6.42 Å². The van der Waals surface area contributed by atoms with Gasteiger partial charge in [0.15, 0.2) is 0 Å². The van der Waals surface area contributed by atoms with Gasteiger partial charge in [-0.3, -0.25) is 4.79 Å². The topological polar surface area (TPSA) is 46.5 Å². The lowest BCUT2D eigenvalue weighted by molar-refractivity contribution is -0.148. The molecule has 3 nitrogen and oxygen atoms in total. The van der Waals surface area contributed by atoms with Crippen LogP contribution in [0.1, 0.15) is 33.1 Å². The van der Waals surface area contributed by atoms with Crippen LogP contribution in [0.25, 0.3) is 0 Å². The van der Waals surface area contributed by atoms with E-state index in [-0.39, 0.29) is 0 Å². The molecule has 1 N–H and O–H groups in total. The molecule has 0 aromatic heterocycles. The lowest BCUT2D eigenvalue weighted by Crippen LogP contribution is -2.26. The van der Waals surface area contributed by atoms with Crippen LogP contribution < -0.4 is 0 Å². The van der Waals surface area contributed by atoms with Crippen LogP contribution in [-0.2, 0) is 9.53 Å². The van der Waals surface area contributed by atoms with Gasteiger partial charge in [0.25, 0.3) is 0 Å². The summed E-state index contributed by atoms with van der Waals surface area (Å²) < 4.78 is 4.87. The van der Waals surface area contributed by atoms with Crippen LogP contribution >= 0.6 is 0 Å². The predicted octanol–water partition coefficient (Wildman–Crippen LogP) is 1.91. The van der Waals surface area contributed by atoms with E-state index in [1.54, 1.807) is 14.0 Å². The van der Waals surface area contributed by atoms with Crippen molar-refractivity contribution in [3.63, 3.8) is 0 Å². The van der Waals surface area contributed by atoms with Crippen molar-refractivity contribution in [3.05, 3.63) is 0 Å². The van der Waals surface area contributed by atoms with Gasteiger partial charge >= 0.3 is 5.97 Å². The quantitative estimate of drug-likeness (QED) is 0.626. The molecule has 0 heterocycles. The smallest absolute Gasteiger partial charge is 0.309 e. The van der Waals surface area contributed by atoms with Crippen LogP contribution in [-0.4, -0.2) is 24.8 Å². The van der Waals surface area contributed by atoms with Gasteiger partial charge in [-0.2, -0.15) is 0 Å². The van der Waals surface area contributed by atoms with Crippen molar-refractivity contribution in [2.24, 2.45) is 5.41 Å². The Labute approximate surface area is 73.7 Å². The molecule has 0 aliphatic rings. The van der Waals surface area contributed by atoms with E-state index in [2.05, 4.69) is 0 Å². The molecule has 0 saturated heterocycles. The lowest BCUT2D eigenvalue weighted by atomic mass is 9.83. The van der Waals surface area contributed by atoms with Crippen molar-refractivity contribution in [1.82, 2.24) is 0 Å². The fourth-order valence-corrected chi connectivity index (χ4v) is 1.04. The van der Waals surface area contributed by atoms with Crippen molar-refractivity contribution in [2.45, 2.75) is 33.1 Å². The standard InChI is InChI=1S/C9H18O3/c1-4-9(2,8(10)11)6-5-7-12-3/h4-7H2,1-3H3,(H,10,11). The van der Waals surface area contributed by atoms with Crippen LogP contribution in [0.2, 0.25) is 0 Å². The Bertz CT molecular complexity index is 145. The third kappa shape index (κ3) is 3.22. The molecule has 3 heteroatoms. The number of carbonyl (C=O) groups is 1. The van der Waals surface area contributed by atoms with Gasteiger partial charge in [0.2, 0.25) is 0 Å². The van der Waals surface area contributed by atoms with Crippen molar-refractivity contribution in [3.8, 4) is 0 Å². The average molecular weight is 174 g/mol. The van der Waals surface area contributed by atoms with E-state index in [0.29, 0.717) is 19.4 Å². The highest BCUT2D eigenvalue weighted by Crippen LogP contribution is 2.27. The van der Waals surface area contributed by atoms with Gasteiger partial charge in [0, 0.05) is 13.7 Å². The summed E-state index contributed by atoms with van der Waals surface area (Å²) in [6, 6.07) is 0. The summed E-state index contributed by atoms with van der Waals surface area (Å²) in [6.07, 6.45) is 2.17. The first-order chi connectivity index (χ1) is 5.56. The zero-order valence-electron chi connectivity index (χ0n) is 8.09. The molecule has 1 atom stereocenters. The number of hydrogen-bond acceptors (Lipinski definition) is 2. The molecule has 12 heavy (non-hydrogen) atoms. The van der Waals surface area contributed by atoms with Gasteiger partial charge in [-0.15, -0.1) is 0 Å². The zero-order chi connectivity index (χ0) is 9.61. The van der Waals surface area contributed by atoms with Crippen LogP contribution in [0.4, 0.5) is 0 Å². The first-order valence-electron chi connectivity index (χ1n) is 4.29. The second kappa shape index (κ2) is 5.14. The van der Waals surface area contributed by atoms with Crippen molar-refractivity contribution in [2.75, 3.05) is 13.7 Å². The highest BCUT2D eigenvalue weighted by Gasteiger charge is 2.29. The average Bonchev–Trinajstić information content (AvgIpc) is 2.04. The number of methoxy groups -OCH3 is 1. The fourth-order valence-electron chi connectivity index (χ4n) is 1.04. The summed E-state index contributed by atoms with van der Waals surface area (Å²) in [6.45, 7) is 4.33. The van der Waals surface area contributed by atoms with Gasteiger partial charge < -0.3 is 9.84 Å². The maximum Gasteiger partial charge on any atom is 0.309 e. The summed E-state index contributed by atoms with van der Waals surface area (Å²) >= 11 is 0. The number of carboxylic acid groups (broad SMARTS) is 1. The van der Waals surface area contributed by atoms with E-state index in [9.17, 15) is 4.79 Å². The maximum atomic E-state index is 10.8. The molecule has 0 amide bonds. The molecular formula is C9H18O3. The summed E-state index contributed by atoms with van der Waals surface area (Å²) in [4.78, 5) is 10.8. The van der Waals surface area contributed by atoms with Crippen LogP contribution in [0.15, 0.2) is 0 Å². The molecule has 1 unspecified atom stereocenters. The van der Waals surface area contributed by atoms with Gasteiger partial charge in [0.05, 0.1) is 5.41 Å². The zero-order valence-corrected chi connectivity index (χ0v) is 8.09. The van der Waals surface area contributed by atoms with E-state index < -0.39 is 11.4 Å². The maximum absolute atomic E-state index is 10.8. The van der Waals surface area contributed by atoms with Crippen molar-refractivity contribution in [1.29, 1.82) is 0 Å². The van der Waals surface area contributed by atoms with Gasteiger partial charge in [-0.1, -0.05) is 6.92 Å². The summed E-state index contributed by atoms with van der Waals surface area (Å²) in [7, 11) is 1.63. The molecule has 72 valence electrons. The number of hydrogen-bond donors (Lipinski definition) is 1. The van der Waals surface area contributed by atoms with Gasteiger partial charge in [0.1, 0.15) is 0 Å². The second-order valence-corrected chi connectivity index (χ2v) is 3.32. The fraction of sp³-hybridized carbons (Fsp3) is 0.889. The van der Waals surface area contributed by atoms with E-state index in [1.807, 2.05) is 6.92 Å². The molecule has 0 aliphatic heterocycles. The molecule has 0 aliphatic carbocycles. The molecule has 0 rings (SSSR count). The normalized spacial score (nSPS) is 15.6. The van der Waals surface area contributed by atoms with Crippen LogP contribution in [0.3, 0.4) is 0 Å². The Morgan fingerprint density at radius 2 is 2.17 bits per heavy atom. The van der Waals surface area contributed by atoms with Crippen LogP contribution in [0.5, 0.6) is 0 Å². The second-order valence-electron chi connectivity index (χ2n) is 3.32. The van der Waals surface area contributed by atoms with Crippen molar-refractivity contribution < 1.29 is 14.6 Å². The molecule has 0 aromatic carbocycles. The van der Waals surface area contributed by atoms with E-state index >= 15 is 0 Å². The minimum atomic E-state index is -0.707. The monoisotopic (exact) mass is 174 g/mol. The largest absolute Gasteiger partial charge is 0.481 e.